The molecule has 0 unspecified atom stereocenters. The van der Waals surface area contributed by atoms with Crippen LogP contribution >= 0.6 is 0 Å². The summed E-state index contributed by atoms with van der Waals surface area (Å²) in [4.78, 5) is 53.1. The molecule has 29 heavy (non-hydrogen) atoms. The molecule has 0 aromatic carbocycles. The van der Waals surface area contributed by atoms with Crippen molar-refractivity contribution in [3.8, 4) is 0 Å². The van der Waals surface area contributed by atoms with Gasteiger partial charge in [-0.15, -0.1) is 0 Å². The Balaban J connectivity index is 4.15. The van der Waals surface area contributed by atoms with Crippen molar-refractivity contribution in [3.63, 3.8) is 0 Å². The summed E-state index contributed by atoms with van der Waals surface area (Å²) < 4.78 is 5.81. The van der Waals surface area contributed by atoms with E-state index < -0.39 is 44.8 Å². The number of furan rings is 1. The summed E-state index contributed by atoms with van der Waals surface area (Å²) in [6.45, 7) is 20.5. The summed E-state index contributed by atoms with van der Waals surface area (Å²) in [7, 11) is 0. The van der Waals surface area contributed by atoms with Gasteiger partial charge in [-0.3, -0.25) is 19.2 Å². The lowest BCUT2D eigenvalue weighted by atomic mass is 9.76. The van der Waals surface area contributed by atoms with Crippen molar-refractivity contribution in [2.75, 3.05) is 0 Å². The van der Waals surface area contributed by atoms with Gasteiger partial charge < -0.3 is 4.42 Å². The molecular formula is C24H36O5. The lowest BCUT2D eigenvalue weighted by Gasteiger charge is -2.22. The van der Waals surface area contributed by atoms with Crippen LogP contribution in [0.4, 0.5) is 0 Å². The van der Waals surface area contributed by atoms with Crippen LogP contribution in [0.2, 0.25) is 0 Å². The zero-order valence-electron chi connectivity index (χ0n) is 20.0. The third-order valence-electron chi connectivity index (χ3n) is 4.50. The first-order valence-corrected chi connectivity index (χ1v) is 9.97. The smallest absolute Gasteiger partial charge is 0.204 e. The van der Waals surface area contributed by atoms with Crippen LogP contribution in [-0.4, -0.2) is 23.1 Å². The lowest BCUT2D eigenvalue weighted by molar-refractivity contribution is 0.0780. The molecule has 0 N–H and O–H groups in total. The van der Waals surface area contributed by atoms with E-state index in [1.807, 2.05) is 0 Å². The minimum Gasteiger partial charge on any atom is -0.448 e. The number of ketones is 4. The van der Waals surface area contributed by atoms with Crippen LogP contribution in [0.1, 0.15) is 125 Å². The van der Waals surface area contributed by atoms with E-state index in [1.165, 1.54) is 0 Å². The van der Waals surface area contributed by atoms with Gasteiger partial charge in [-0.05, 0) is 0 Å². The molecule has 0 aliphatic rings. The second kappa shape index (κ2) is 7.33. The molecule has 0 saturated heterocycles. The van der Waals surface area contributed by atoms with Crippen LogP contribution in [0.15, 0.2) is 4.42 Å². The first-order valence-electron chi connectivity index (χ1n) is 9.97. The van der Waals surface area contributed by atoms with E-state index in [-0.39, 0.29) is 22.6 Å². The second-order valence-corrected chi connectivity index (χ2v) is 11.8. The third-order valence-corrected chi connectivity index (χ3v) is 4.50. The molecule has 1 aromatic heterocycles. The van der Waals surface area contributed by atoms with Crippen molar-refractivity contribution in [3.05, 3.63) is 22.6 Å². The molecule has 0 atom stereocenters. The monoisotopic (exact) mass is 404 g/mol. The van der Waals surface area contributed by atoms with E-state index in [0.717, 1.165) is 0 Å². The van der Waals surface area contributed by atoms with Gasteiger partial charge in [0.25, 0.3) is 0 Å². The summed E-state index contributed by atoms with van der Waals surface area (Å²) >= 11 is 0. The van der Waals surface area contributed by atoms with E-state index in [4.69, 9.17) is 4.42 Å². The Morgan fingerprint density at radius 3 is 0.828 bits per heavy atom. The summed E-state index contributed by atoms with van der Waals surface area (Å²) in [6.07, 6.45) is 0. The standard InChI is InChI=1S/C24H36O5/c1-21(2,3)17(25)13-14(18(26)22(4,5)6)16(20(28)24(10,11)12)29-15(13)19(27)23(7,8)9/h1-12H3. The van der Waals surface area contributed by atoms with Crippen LogP contribution in [0.25, 0.3) is 0 Å². The predicted octanol–water partition coefficient (Wildman–Crippen LogP) is 6.19. The molecule has 1 aromatic rings. The maximum atomic E-state index is 13.4. The number of carbonyl (C=O) groups is 4. The number of carbonyl (C=O) groups excluding carboxylic acids is 4. The molecular weight excluding hydrogens is 368 g/mol. The number of Topliss-reactive ketones (excluding diaryl/α,β-unsaturated/α-hetero) is 4. The Kier molecular flexibility index (Phi) is 6.32. The number of hydrogen-bond donors (Lipinski definition) is 0. The highest BCUT2D eigenvalue weighted by atomic mass is 16.4. The Labute approximate surface area is 174 Å². The Bertz CT molecular complexity index is 783. The fourth-order valence-electron chi connectivity index (χ4n) is 2.62. The van der Waals surface area contributed by atoms with E-state index in [1.54, 1.807) is 83.1 Å². The molecule has 0 aliphatic carbocycles. The van der Waals surface area contributed by atoms with Gasteiger partial charge in [0, 0.05) is 21.7 Å². The summed E-state index contributed by atoms with van der Waals surface area (Å²) in [5.74, 6) is -2.01. The van der Waals surface area contributed by atoms with E-state index in [2.05, 4.69) is 0 Å². The van der Waals surface area contributed by atoms with Crippen molar-refractivity contribution >= 4 is 23.1 Å². The van der Waals surface area contributed by atoms with Gasteiger partial charge >= 0.3 is 0 Å². The normalized spacial score (nSPS) is 13.4. The van der Waals surface area contributed by atoms with Gasteiger partial charge in [-0.25, -0.2) is 0 Å². The van der Waals surface area contributed by atoms with Gasteiger partial charge in [-0.1, -0.05) is 83.1 Å². The molecule has 1 heterocycles. The highest BCUT2D eigenvalue weighted by molar-refractivity contribution is 6.21. The highest BCUT2D eigenvalue weighted by Crippen LogP contribution is 2.38. The molecule has 0 bridgehead atoms. The van der Waals surface area contributed by atoms with Crippen molar-refractivity contribution in [2.45, 2.75) is 83.1 Å². The van der Waals surface area contributed by atoms with Crippen molar-refractivity contribution < 1.29 is 23.6 Å². The van der Waals surface area contributed by atoms with Gasteiger partial charge in [0.1, 0.15) is 0 Å². The quantitative estimate of drug-likeness (QED) is 0.558. The Morgan fingerprint density at radius 1 is 0.448 bits per heavy atom. The fourth-order valence-corrected chi connectivity index (χ4v) is 2.62. The molecule has 0 amide bonds. The molecule has 1 rings (SSSR count). The molecule has 5 heteroatoms. The molecule has 0 aliphatic heterocycles. The largest absolute Gasteiger partial charge is 0.448 e. The first-order chi connectivity index (χ1) is 12.6. The summed E-state index contributed by atoms with van der Waals surface area (Å²) in [5.41, 5.74) is -3.57. The fraction of sp³-hybridized carbons (Fsp3) is 0.667. The number of hydrogen-bond acceptors (Lipinski definition) is 5. The summed E-state index contributed by atoms with van der Waals surface area (Å²) in [5, 5.41) is 0. The SMILES string of the molecule is CC(C)(C)C(=O)c1oc(C(=O)C(C)(C)C)c(C(=O)C(C)(C)C)c1C(=O)C(C)(C)C. The van der Waals surface area contributed by atoms with E-state index >= 15 is 0 Å². The van der Waals surface area contributed by atoms with Crippen molar-refractivity contribution in [1.82, 2.24) is 0 Å². The molecule has 5 nitrogen and oxygen atoms in total. The summed E-state index contributed by atoms with van der Waals surface area (Å²) in [6, 6.07) is 0. The average Bonchev–Trinajstić information content (AvgIpc) is 2.87. The maximum Gasteiger partial charge on any atom is 0.204 e. The lowest BCUT2D eigenvalue weighted by Crippen LogP contribution is -2.30. The molecule has 0 radical (unpaired) electrons. The van der Waals surface area contributed by atoms with Gasteiger partial charge in [0.15, 0.2) is 23.1 Å². The molecule has 0 fully saturated rings. The van der Waals surface area contributed by atoms with Crippen LogP contribution < -0.4 is 0 Å². The zero-order valence-corrected chi connectivity index (χ0v) is 20.0. The second-order valence-electron chi connectivity index (χ2n) is 11.8. The minimum atomic E-state index is -0.869. The predicted molar refractivity (Wildman–Crippen MR) is 114 cm³/mol. The van der Waals surface area contributed by atoms with Crippen molar-refractivity contribution in [2.24, 2.45) is 21.7 Å². The van der Waals surface area contributed by atoms with Gasteiger partial charge in [0.05, 0.1) is 11.1 Å². The average molecular weight is 405 g/mol. The topological polar surface area (TPSA) is 81.4 Å². The van der Waals surface area contributed by atoms with E-state index in [0.29, 0.717) is 0 Å². The molecule has 0 spiro atoms. The third kappa shape index (κ3) is 5.12. The minimum absolute atomic E-state index is 0.0649. The van der Waals surface area contributed by atoms with Crippen LogP contribution in [-0.2, 0) is 0 Å². The van der Waals surface area contributed by atoms with Gasteiger partial charge in [-0.2, -0.15) is 0 Å². The Hall–Kier alpha value is -2.04. The molecule has 162 valence electrons. The maximum absolute atomic E-state index is 13.4. The highest BCUT2D eigenvalue weighted by Gasteiger charge is 2.44. The zero-order chi connectivity index (χ0) is 23.3. The van der Waals surface area contributed by atoms with Crippen LogP contribution in [0, 0.1) is 21.7 Å². The van der Waals surface area contributed by atoms with Crippen LogP contribution in [0.5, 0.6) is 0 Å². The van der Waals surface area contributed by atoms with Gasteiger partial charge in [0.2, 0.25) is 11.6 Å². The van der Waals surface area contributed by atoms with E-state index in [9.17, 15) is 19.2 Å². The number of rotatable bonds is 4. The Morgan fingerprint density at radius 2 is 0.655 bits per heavy atom. The van der Waals surface area contributed by atoms with Crippen molar-refractivity contribution in [1.29, 1.82) is 0 Å². The first kappa shape index (κ1) is 25.0. The molecule has 0 saturated carbocycles. The van der Waals surface area contributed by atoms with Crippen LogP contribution in [0.3, 0.4) is 0 Å².